The number of hydrogen-bond donors (Lipinski definition) is 2. The number of aliphatic hydroxyl groups is 2. The fourth-order valence-corrected chi connectivity index (χ4v) is 12.8. The SMILES string of the molecule is CC[CH2][Sn][C]1=Cc2c(ccc3c2O[C@@H]2COc4cc(CO)c(OC)cc4C2=C3OC)OC1(C)C.COC1=C2c3cc(OC)c(CO)cc3OC[C@H]2Oc2c1ccc1c2CC(=O)C(C)(C)O1. The first-order valence-electron chi connectivity index (χ1n) is 21.8. The number of fused-ring (bicyclic) bond motifs is 12. The standard InChI is InChI=1S/C24H24O7.C24H23O6.C3H7.Sn/c1-24(2)20(26)9-15-16(31-24)6-5-13-22(15)30-19-11-29-18-7-12(10-25)17(27-3)8-14(18)21(19)23(13)28-4;1-24(2)8-7-14-17(30-24)6-5-15-22(14)29-20-12-28-19-9-13(11-25)18(26-3)10-16(19)21(20)23(15)27-4;1-3-2;/h5-8,19,25H,9-11H2,1-4H3;5-7,9-10,20,25H,11-12H2,1-4H3;1,3H2,2H3;/t19-;20-;;/m11../s1. The van der Waals surface area contributed by atoms with Crippen LogP contribution in [0.3, 0.4) is 0 Å². The monoisotopic (exact) mass is 994 g/mol. The third-order valence-electron chi connectivity index (χ3n) is 12.6. The third kappa shape index (κ3) is 7.62. The molecular weight excluding hydrogens is 939 g/mol. The van der Waals surface area contributed by atoms with E-state index in [1.807, 2.05) is 42.5 Å². The van der Waals surface area contributed by atoms with Crippen LogP contribution in [0.5, 0.6) is 46.0 Å². The first-order valence-corrected chi connectivity index (χ1v) is 25.2. The van der Waals surface area contributed by atoms with Crippen LogP contribution in [0, 0.1) is 0 Å². The molecule has 10 rings (SSSR count). The van der Waals surface area contributed by atoms with Gasteiger partial charge in [-0.25, -0.2) is 0 Å². The molecule has 0 unspecified atom stereocenters. The van der Waals surface area contributed by atoms with Crippen LogP contribution in [-0.4, -0.2) is 102 Å². The molecule has 0 aliphatic carbocycles. The molecule has 0 amide bonds. The summed E-state index contributed by atoms with van der Waals surface area (Å²) in [4.78, 5) is 12.6. The predicted molar refractivity (Wildman–Crippen MR) is 245 cm³/mol. The summed E-state index contributed by atoms with van der Waals surface area (Å²) in [5.41, 5.74) is 7.01. The molecule has 2 radical (unpaired) electrons. The number of Topliss-reactive ketones (excluding diaryl/α,β-unsaturated/α-hetero) is 1. The molecule has 6 heterocycles. The van der Waals surface area contributed by atoms with Crippen LogP contribution in [0.25, 0.3) is 28.7 Å². The van der Waals surface area contributed by atoms with E-state index in [1.165, 1.54) is 14.4 Å². The summed E-state index contributed by atoms with van der Waals surface area (Å²) in [6.45, 7) is 10.5. The van der Waals surface area contributed by atoms with Crippen LogP contribution in [-0.2, 0) is 33.9 Å². The Bertz CT molecular complexity index is 2690. The number of methoxy groups -OCH3 is 4. The molecular formula is C51H54O13Sn. The van der Waals surface area contributed by atoms with Gasteiger partial charge in [-0.2, -0.15) is 0 Å². The topological polar surface area (TPSA) is 150 Å². The van der Waals surface area contributed by atoms with Crippen LogP contribution in [0.2, 0.25) is 4.44 Å². The van der Waals surface area contributed by atoms with Gasteiger partial charge in [-0.3, -0.25) is 4.79 Å². The summed E-state index contributed by atoms with van der Waals surface area (Å²) < 4.78 is 63.0. The van der Waals surface area contributed by atoms with Crippen molar-refractivity contribution in [2.24, 2.45) is 0 Å². The molecule has 0 spiro atoms. The minimum Gasteiger partial charge on any atom is -0.496 e. The largest absolute Gasteiger partial charge is 0.496 e. The quantitative estimate of drug-likeness (QED) is 0.156. The van der Waals surface area contributed by atoms with Gasteiger partial charge in [-0.15, -0.1) is 0 Å². The summed E-state index contributed by atoms with van der Waals surface area (Å²) in [6.07, 6.45) is 3.00. The summed E-state index contributed by atoms with van der Waals surface area (Å²) in [7, 11) is 6.47. The summed E-state index contributed by atoms with van der Waals surface area (Å²) in [5.74, 6) is 6.79. The molecule has 6 aliphatic heterocycles. The van der Waals surface area contributed by atoms with E-state index in [2.05, 4.69) is 26.8 Å². The normalized spacial score (nSPS) is 19.8. The van der Waals surface area contributed by atoms with Gasteiger partial charge in [0.1, 0.15) is 35.4 Å². The minimum absolute atomic E-state index is 0.00254. The van der Waals surface area contributed by atoms with E-state index in [0.717, 1.165) is 61.8 Å². The number of hydrogen-bond acceptors (Lipinski definition) is 13. The van der Waals surface area contributed by atoms with Gasteiger partial charge in [-0.05, 0) is 38.1 Å². The first kappa shape index (κ1) is 44.7. The second-order valence-corrected chi connectivity index (χ2v) is 21.4. The maximum atomic E-state index is 12.6. The van der Waals surface area contributed by atoms with Crippen molar-refractivity contribution >= 4 is 55.7 Å². The van der Waals surface area contributed by atoms with E-state index >= 15 is 0 Å². The van der Waals surface area contributed by atoms with E-state index in [9.17, 15) is 15.0 Å². The van der Waals surface area contributed by atoms with Crippen molar-refractivity contribution in [3.05, 3.63) is 96.6 Å². The maximum Gasteiger partial charge on any atom is 0.180 e. The number of aliphatic hydroxyl groups excluding tert-OH is 2. The van der Waals surface area contributed by atoms with E-state index in [1.54, 1.807) is 48.4 Å². The van der Waals surface area contributed by atoms with E-state index in [-0.39, 0.29) is 43.7 Å². The molecule has 13 nitrogen and oxygen atoms in total. The molecule has 2 N–H and O–H groups in total. The van der Waals surface area contributed by atoms with Crippen molar-refractivity contribution in [1.29, 1.82) is 0 Å². The zero-order valence-corrected chi connectivity index (χ0v) is 41.0. The fraction of sp³-hybridized carbons (Fsp3) is 0.392. The molecule has 0 saturated heterocycles. The average Bonchev–Trinajstić information content (AvgIpc) is 3.30. The Morgan fingerprint density at radius 2 is 1.18 bits per heavy atom. The number of ketones is 1. The zero-order chi connectivity index (χ0) is 45.9. The number of benzene rings is 4. The van der Waals surface area contributed by atoms with Gasteiger partial charge in [0, 0.05) is 28.7 Å². The average molecular weight is 994 g/mol. The molecule has 4 aromatic rings. The molecule has 0 saturated carbocycles. The molecule has 340 valence electrons. The van der Waals surface area contributed by atoms with Gasteiger partial charge in [0.05, 0.1) is 26.4 Å². The van der Waals surface area contributed by atoms with Crippen LogP contribution in [0.4, 0.5) is 0 Å². The first-order chi connectivity index (χ1) is 31.3. The van der Waals surface area contributed by atoms with Crippen LogP contribution in [0.1, 0.15) is 85.5 Å². The van der Waals surface area contributed by atoms with Gasteiger partial charge in [0.15, 0.2) is 17.5 Å². The van der Waals surface area contributed by atoms with E-state index in [4.69, 9.17) is 47.4 Å². The van der Waals surface area contributed by atoms with Gasteiger partial charge >= 0.3 is 206 Å². The maximum absolute atomic E-state index is 12.6. The smallest absolute Gasteiger partial charge is 0.180 e. The molecule has 0 aromatic heterocycles. The van der Waals surface area contributed by atoms with Gasteiger partial charge in [-0.1, -0.05) is 0 Å². The van der Waals surface area contributed by atoms with Crippen molar-refractivity contribution in [2.75, 3.05) is 41.7 Å². The molecule has 2 atom stereocenters. The molecule has 4 aromatic carbocycles. The van der Waals surface area contributed by atoms with E-state index < -0.39 is 32.8 Å². The van der Waals surface area contributed by atoms with Crippen LogP contribution < -0.4 is 37.9 Å². The fourth-order valence-electron chi connectivity index (χ4n) is 9.25. The van der Waals surface area contributed by atoms with Gasteiger partial charge in [0.2, 0.25) is 0 Å². The Kier molecular flexibility index (Phi) is 11.9. The van der Waals surface area contributed by atoms with Crippen molar-refractivity contribution < 1.29 is 62.4 Å². The Balaban J connectivity index is 0.000000165. The summed E-state index contributed by atoms with van der Waals surface area (Å²) >= 11 is -0.731. The van der Waals surface area contributed by atoms with Crippen molar-refractivity contribution in [1.82, 2.24) is 0 Å². The number of carbonyl (C=O) groups excluding carboxylic acids is 1. The Hall–Kier alpha value is -5.51. The van der Waals surface area contributed by atoms with Crippen LogP contribution >= 0.6 is 0 Å². The van der Waals surface area contributed by atoms with Gasteiger partial charge < -0.3 is 33.9 Å². The second kappa shape index (κ2) is 17.4. The minimum atomic E-state index is -0.866. The number of ether oxygens (including phenoxy) is 10. The van der Waals surface area contributed by atoms with Crippen LogP contribution in [0.15, 0.2) is 52.1 Å². The summed E-state index contributed by atoms with van der Waals surface area (Å²) in [6, 6.07) is 15.1. The number of rotatable bonds is 9. The predicted octanol–water partition coefficient (Wildman–Crippen LogP) is 8.04. The van der Waals surface area contributed by atoms with E-state index in [0.29, 0.717) is 58.0 Å². The molecule has 6 aliphatic rings. The number of carbonyl (C=O) groups is 1. The Morgan fingerprint density at radius 3 is 1.71 bits per heavy atom. The Labute approximate surface area is 389 Å². The van der Waals surface area contributed by atoms with Crippen molar-refractivity contribution in [3.8, 4) is 46.0 Å². The molecule has 65 heavy (non-hydrogen) atoms. The second-order valence-electron chi connectivity index (χ2n) is 17.4. The molecule has 0 bridgehead atoms. The van der Waals surface area contributed by atoms with Gasteiger partial charge in [0.25, 0.3) is 0 Å². The molecule has 14 heteroatoms. The zero-order valence-electron chi connectivity index (χ0n) is 38.2. The third-order valence-corrected chi connectivity index (χ3v) is 18.0. The Morgan fingerprint density at radius 1 is 0.662 bits per heavy atom. The molecule has 0 fully saturated rings. The summed E-state index contributed by atoms with van der Waals surface area (Å²) in [5, 5.41) is 19.4. The van der Waals surface area contributed by atoms with Crippen molar-refractivity contribution in [2.45, 2.75) is 88.5 Å². The van der Waals surface area contributed by atoms with Crippen molar-refractivity contribution in [3.63, 3.8) is 0 Å².